The van der Waals surface area contributed by atoms with Gasteiger partial charge in [0.05, 0.1) is 12.5 Å². The van der Waals surface area contributed by atoms with Crippen LogP contribution in [0.15, 0.2) is 5.16 Å². The van der Waals surface area contributed by atoms with Crippen LogP contribution in [-0.2, 0) is 9.57 Å². The summed E-state index contributed by atoms with van der Waals surface area (Å²) in [7, 11) is 0. The van der Waals surface area contributed by atoms with E-state index in [1.165, 1.54) is 0 Å². The normalized spacial score (nSPS) is 23.3. The van der Waals surface area contributed by atoms with Crippen molar-refractivity contribution in [3.63, 3.8) is 0 Å². The van der Waals surface area contributed by atoms with Crippen molar-refractivity contribution in [3.8, 4) is 0 Å². The summed E-state index contributed by atoms with van der Waals surface area (Å²) in [5, 5.41) is 3.74. The summed E-state index contributed by atoms with van der Waals surface area (Å²) in [6.45, 7) is 4.41. The molecule has 0 fully saturated rings. The maximum atomic E-state index is 5.37. The lowest BCUT2D eigenvalue weighted by atomic mass is 10.2. The van der Waals surface area contributed by atoms with Gasteiger partial charge in [-0.15, -0.1) is 0 Å². The molecule has 0 aromatic heterocycles. The molecule has 0 spiro atoms. The highest BCUT2D eigenvalue weighted by Crippen LogP contribution is 2.10. The molecule has 1 aliphatic heterocycles. The minimum atomic E-state index is 0.0174. The molecule has 0 saturated carbocycles. The Bertz CT molecular complexity index is 157. The largest absolute Gasteiger partial charge is 0.476 e. The zero-order valence-electron chi connectivity index (χ0n) is 6.91. The number of hydrogen-bond acceptors (Lipinski definition) is 4. The number of rotatable bonds is 2. The molecule has 0 radical (unpaired) electrons. The SMILES string of the molecule is CC(C)OC1=NOC(CN)C1. The summed E-state index contributed by atoms with van der Waals surface area (Å²) >= 11 is 0. The van der Waals surface area contributed by atoms with Gasteiger partial charge in [0.15, 0.2) is 0 Å². The van der Waals surface area contributed by atoms with Crippen molar-refractivity contribution in [2.75, 3.05) is 6.54 Å². The van der Waals surface area contributed by atoms with Gasteiger partial charge in [0.1, 0.15) is 6.10 Å². The number of ether oxygens (including phenoxy) is 1. The molecule has 4 nitrogen and oxygen atoms in total. The second-order valence-corrected chi connectivity index (χ2v) is 2.82. The summed E-state index contributed by atoms with van der Waals surface area (Å²) in [6, 6.07) is 0. The van der Waals surface area contributed by atoms with Gasteiger partial charge in [0, 0.05) is 6.54 Å². The Hall–Kier alpha value is -0.770. The standard InChI is InChI=1S/C7H14N2O2/c1-5(2)10-7-3-6(4-8)11-9-7/h5-6H,3-4,8H2,1-2H3. The van der Waals surface area contributed by atoms with Gasteiger partial charge in [-0.25, -0.2) is 0 Å². The zero-order chi connectivity index (χ0) is 8.27. The van der Waals surface area contributed by atoms with E-state index in [1.807, 2.05) is 13.8 Å². The minimum absolute atomic E-state index is 0.0174. The Morgan fingerprint density at radius 3 is 3.00 bits per heavy atom. The van der Waals surface area contributed by atoms with Gasteiger partial charge >= 0.3 is 0 Å². The lowest BCUT2D eigenvalue weighted by Crippen LogP contribution is -2.21. The molecule has 1 unspecified atom stereocenters. The van der Waals surface area contributed by atoms with Crippen LogP contribution in [0.1, 0.15) is 20.3 Å². The fourth-order valence-corrected chi connectivity index (χ4v) is 0.871. The van der Waals surface area contributed by atoms with Crippen LogP contribution in [0.5, 0.6) is 0 Å². The van der Waals surface area contributed by atoms with E-state index in [1.54, 1.807) is 0 Å². The molecule has 0 aromatic carbocycles. The summed E-state index contributed by atoms with van der Waals surface area (Å²) in [6.07, 6.45) is 0.881. The van der Waals surface area contributed by atoms with Crippen LogP contribution in [0.2, 0.25) is 0 Å². The molecule has 0 bridgehead atoms. The van der Waals surface area contributed by atoms with E-state index in [-0.39, 0.29) is 12.2 Å². The smallest absolute Gasteiger partial charge is 0.229 e. The number of nitrogens with two attached hydrogens (primary N) is 1. The van der Waals surface area contributed by atoms with Crippen LogP contribution in [0.3, 0.4) is 0 Å². The molecule has 64 valence electrons. The maximum Gasteiger partial charge on any atom is 0.229 e. The fraction of sp³-hybridized carbons (Fsp3) is 0.857. The Morgan fingerprint density at radius 1 is 1.82 bits per heavy atom. The van der Waals surface area contributed by atoms with E-state index >= 15 is 0 Å². The van der Waals surface area contributed by atoms with Gasteiger partial charge in [-0.1, -0.05) is 5.16 Å². The predicted molar refractivity (Wildman–Crippen MR) is 42.2 cm³/mol. The third-order valence-electron chi connectivity index (χ3n) is 1.34. The molecule has 1 rings (SSSR count). The third kappa shape index (κ3) is 2.38. The Kier molecular flexibility index (Phi) is 2.70. The van der Waals surface area contributed by atoms with Crippen molar-refractivity contribution in [1.29, 1.82) is 0 Å². The lowest BCUT2D eigenvalue weighted by molar-refractivity contribution is 0.0911. The molecule has 1 aliphatic rings. The monoisotopic (exact) mass is 158 g/mol. The van der Waals surface area contributed by atoms with E-state index in [9.17, 15) is 0 Å². The van der Waals surface area contributed by atoms with Crippen molar-refractivity contribution in [3.05, 3.63) is 0 Å². The molecule has 11 heavy (non-hydrogen) atoms. The zero-order valence-corrected chi connectivity index (χ0v) is 6.91. The molecule has 0 amide bonds. The summed E-state index contributed by atoms with van der Waals surface area (Å²) in [5.74, 6) is 0.662. The molecule has 0 aromatic rings. The summed E-state index contributed by atoms with van der Waals surface area (Å²) < 4.78 is 5.31. The first-order chi connectivity index (χ1) is 5.22. The molecule has 4 heteroatoms. The first-order valence-corrected chi connectivity index (χ1v) is 3.81. The second kappa shape index (κ2) is 3.57. The molecular weight excluding hydrogens is 144 g/mol. The van der Waals surface area contributed by atoms with Crippen LogP contribution >= 0.6 is 0 Å². The van der Waals surface area contributed by atoms with Gasteiger partial charge in [-0.05, 0) is 13.8 Å². The van der Waals surface area contributed by atoms with E-state index in [4.69, 9.17) is 15.3 Å². The van der Waals surface area contributed by atoms with Gasteiger partial charge in [0.2, 0.25) is 5.90 Å². The van der Waals surface area contributed by atoms with Crippen LogP contribution in [-0.4, -0.2) is 24.7 Å². The minimum Gasteiger partial charge on any atom is -0.476 e. The van der Waals surface area contributed by atoms with E-state index < -0.39 is 0 Å². The fourth-order valence-electron chi connectivity index (χ4n) is 0.871. The van der Waals surface area contributed by atoms with Crippen molar-refractivity contribution in [1.82, 2.24) is 0 Å². The van der Waals surface area contributed by atoms with Gasteiger partial charge in [-0.2, -0.15) is 0 Å². The first kappa shape index (κ1) is 8.33. The predicted octanol–water partition coefficient (Wildman–Crippen LogP) is 0.473. The second-order valence-electron chi connectivity index (χ2n) is 2.82. The Morgan fingerprint density at radius 2 is 2.55 bits per heavy atom. The topological polar surface area (TPSA) is 56.8 Å². The Balaban J connectivity index is 2.28. The van der Waals surface area contributed by atoms with Crippen molar-refractivity contribution in [2.24, 2.45) is 10.9 Å². The Labute approximate surface area is 66.3 Å². The summed E-state index contributed by atoms with van der Waals surface area (Å²) in [5.41, 5.74) is 5.37. The molecule has 2 N–H and O–H groups in total. The maximum absolute atomic E-state index is 5.37. The van der Waals surface area contributed by atoms with E-state index in [0.29, 0.717) is 18.9 Å². The quantitative estimate of drug-likeness (QED) is 0.635. The van der Waals surface area contributed by atoms with Gasteiger partial charge in [0.25, 0.3) is 0 Å². The highest BCUT2D eigenvalue weighted by atomic mass is 16.7. The summed E-state index contributed by atoms with van der Waals surface area (Å²) in [4.78, 5) is 4.95. The number of nitrogens with zero attached hydrogens (tertiary/aromatic N) is 1. The van der Waals surface area contributed by atoms with Gasteiger partial charge in [-0.3, -0.25) is 0 Å². The van der Waals surface area contributed by atoms with Crippen LogP contribution in [0, 0.1) is 0 Å². The average Bonchev–Trinajstić information content (AvgIpc) is 2.34. The van der Waals surface area contributed by atoms with Crippen LogP contribution in [0.25, 0.3) is 0 Å². The van der Waals surface area contributed by atoms with Gasteiger partial charge < -0.3 is 15.3 Å². The van der Waals surface area contributed by atoms with E-state index in [2.05, 4.69) is 5.16 Å². The third-order valence-corrected chi connectivity index (χ3v) is 1.34. The molecule has 1 atom stereocenters. The molecule has 0 aliphatic carbocycles. The van der Waals surface area contributed by atoms with Crippen LogP contribution in [0.4, 0.5) is 0 Å². The highest BCUT2D eigenvalue weighted by molar-refractivity contribution is 5.77. The lowest BCUT2D eigenvalue weighted by Gasteiger charge is -2.06. The molecule has 0 saturated heterocycles. The van der Waals surface area contributed by atoms with Crippen molar-refractivity contribution in [2.45, 2.75) is 32.5 Å². The molecular formula is C7H14N2O2. The number of oxime groups is 1. The average molecular weight is 158 g/mol. The van der Waals surface area contributed by atoms with Crippen LogP contribution < -0.4 is 5.73 Å². The van der Waals surface area contributed by atoms with E-state index in [0.717, 1.165) is 0 Å². The highest BCUT2D eigenvalue weighted by Gasteiger charge is 2.20. The van der Waals surface area contributed by atoms with Crippen molar-refractivity contribution >= 4 is 5.90 Å². The number of hydrogen-bond donors (Lipinski definition) is 1. The first-order valence-electron chi connectivity index (χ1n) is 3.81. The molecule has 1 heterocycles. The van der Waals surface area contributed by atoms with Crippen molar-refractivity contribution < 1.29 is 9.57 Å².